The molecule has 2 aromatic heterocycles. The standard InChI is InChI=1S/C32H33FN4O4/c1-15-13-21(29(34)38)28-26(19-12-11-17(32(3,4)41)14-23(19)35-28)25(15)18-7-6-10-24(16(18)2)37-30(39)20-8-5-9-22(33)27(20)36-31(37)40/h5-12,14-15,21,25,29,35,38,41H,13,34H2,1-4H3,(H,36,40)/t15-,21?,25?,29?/m1/s1. The van der Waals surface area contributed by atoms with Crippen LogP contribution in [0.25, 0.3) is 27.5 Å². The van der Waals surface area contributed by atoms with Crippen molar-refractivity contribution in [2.75, 3.05) is 0 Å². The number of aromatic nitrogens is 3. The Bertz CT molecular complexity index is 1950. The molecule has 3 aromatic carbocycles. The van der Waals surface area contributed by atoms with Crippen LogP contribution in [0.3, 0.4) is 0 Å². The number of hydrogen-bond acceptors (Lipinski definition) is 5. The predicted molar refractivity (Wildman–Crippen MR) is 157 cm³/mol. The first-order valence-electron chi connectivity index (χ1n) is 13.7. The van der Waals surface area contributed by atoms with Gasteiger partial charge >= 0.3 is 5.69 Å². The van der Waals surface area contributed by atoms with Gasteiger partial charge in [-0.2, -0.15) is 0 Å². The monoisotopic (exact) mass is 556 g/mol. The molecular formula is C32H33FN4O4. The summed E-state index contributed by atoms with van der Waals surface area (Å²) in [5, 5.41) is 22.2. The highest BCUT2D eigenvalue weighted by Gasteiger charge is 2.39. The lowest BCUT2D eigenvalue weighted by molar-refractivity contribution is 0.0787. The Kier molecular flexibility index (Phi) is 6.29. The summed E-state index contributed by atoms with van der Waals surface area (Å²) >= 11 is 0. The van der Waals surface area contributed by atoms with Gasteiger partial charge in [0.15, 0.2) is 0 Å². The average Bonchev–Trinajstić information content (AvgIpc) is 3.28. The number of hydrogen-bond donors (Lipinski definition) is 5. The number of halogens is 1. The second kappa shape index (κ2) is 9.51. The van der Waals surface area contributed by atoms with E-state index >= 15 is 0 Å². The molecule has 0 radical (unpaired) electrons. The van der Waals surface area contributed by atoms with Gasteiger partial charge < -0.3 is 25.9 Å². The molecular weight excluding hydrogens is 523 g/mol. The molecule has 212 valence electrons. The van der Waals surface area contributed by atoms with Crippen LogP contribution < -0.4 is 17.0 Å². The van der Waals surface area contributed by atoms with Crippen molar-refractivity contribution >= 4 is 21.8 Å². The zero-order valence-electron chi connectivity index (χ0n) is 23.3. The summed E-state index contributed by atoms with van der Waals surface area (Å²) in [6.45, 7) is 7.45. The Balaban J connectivity index is 1.59. The first kappa shape index (κ1) is 27.1. The van der Waals surface area contributed by atoms with E-state index in [-0.39, 0.29) is 28.7 Å². The van der Waals surface area contributed by atoms with Gasteiger partial charge in [-0.15, -0.1) is 0 Å². The molecule has 8 nitrogen and oxygen atoms in total. The van der Waals surface area contributed by atoms with Crippen LogP contribution in [-0.2, 0) is 5.60 Å². The Morgan fingerprint density at radius 2 is 1.80 bits per heavy atom. The molecule has 0 bridgehead atoms. The summed E-state index contributed by atoms with van der Waals surface area (Å²) < 4.78 is 15.4. The van der Waals surface area contributed by atoms with Crippen molar-refractivity contribution < 1.29 is 14.6 Å². The molecule has 0 saturated heterocycles. The van der Waals surface area contributed by atoms with Crippen LogP contribution in [0.2, 0.25) is 0 Å². The van der Waals surface area contributed by atoms with Crippen LogP contribution in [-0.4, -0.2) is 31.0 Å². The summed E-state index contributed by atoms with van der Waals surface area (Å²) in [6.07, 6.45) is -0.457. The van der Waals surface area contributed by atoms with Crippen molar-refractivity contribution in [1.82, 2.24) is 14.5 Å². The Hall–Kier alpha value is -4.05. The molecule has 6 N–H and O–H groups in total. The Labute approximate surface area is 235 Å². The van der Waals surface area contributed by atoms with E-state index in [4.69, 9.17) is 5.73 Å². The van der Waals surface area contributed by atoms with E-state index < -0.39 is 28.9 Å². The number of H-pyrrole nitrogens is 2. The van der Waals surface area contributed by atoms with Crippen molar-refractivity contribution in [3.8, 4) is 5.69 Å². The largest absolute Gasteiger partial charge is 0.386 e. The number of benzene rings is 3. The van der Waals surface area contributed by atoms with Gasteiger partial charge in [-0.3, -0.25) is 4.79 Å². The van der Waals surface area contributed by atoms with Gasteiger partial charge in [-0.05, 0) is 79.6 Å². The quantitative estimate of drug-likeness (QED) is 0.210. The lowest BCUT2D eigenvalue weighted by atomic mass is 9.69. The minimum atomic E-state index is -1.07. The zero-order valence-corrected chi connectivity index (χ0v) is 23.3. The molecule has 5 aromatic rings. The fourth-order valence-electron chi connectivity index (χ4n) is 6.60. The fraction of sp³-hybridized carbons (Fsp3) is 0.312. The van der Waals surface area contributed by atoms with Crippen molar-refractivity contribution in [3.63, 3.8) is 0 Å². The number of fused-ring (bicyclic) bond motifs is 4. The number of aliphatic hydroxyl groups excluding tert-OH is 1. The molecule has 4 atom stereocenters. The second-order valence-electron chi connectivity index (χ2n) is 11.8. The van der Waals surface area contributed by atoms with E-state index in [9.17, 15) is 24.2 Å². The van der Waals surface area contributed by atoms with Crippen molar-refractivity contribution in [3.05, 3.63) is 109 Å². The maximum absolute atomic E-state index is 14.4. The van der Waals surface area contributed by atoms with E-state index in [0.717, 1.165) is 43.4 Å². The van der Waals surface area contributed by atoms with E-state index in [1.165, 1.54) is 18.2 Å². The van der Waals surface area contributed by atoms with Crippen molar-refractivity contribution in [2.24, 2.45) is 11.7 Å². The molecule has 1 aliphatic rings. The second-order valence-corrected chi connectivity index (χ2v) is 11.8. The van der Waals surface area contributed by atoms with Crippen LogP contribution in [0.1, 0.15) is 67.0 Å². The number of rotatable bonds is 4. The predicted octanol–water partition coefficient (Wildman–Crippen LogP) is 4.37. The number of nitrogens with two attached hydrogens (primary N) is 1. The number of nitrogens with one attached hydrogen (secondary N) is 2. The van der Waals surface area contributed by atoms with E-state index in [0.29, 0.717) is 12.1 Å². The molecule has 2 heterocycles. The molecule has 0 spiro atoms. The number of aliphatic hydroxyl groups is 2. The highest BCUT2D eigenvalue weighted by Crippen LogP contribution is 2.50. The van der Waals surface area contributed by atoms with Crippen LogP contribution in [0, 0.1) is 18.7 Å². The van der Waals surface area contributed by atoms with Gasteiger partial charge in [0.2, 0.25) is 0 Å². The minimum absolute atomic E-state index is 0.0494. The third-order valence-electron chi connectivity index (χ3n) is 8.67. The maximum atomic E-state index is 14.4. The van der Waals surface area contributed by atoms with Gasteiger partial charge in [0.25, 0.3) is 5.56 Å². The highest BCUT2D eigenvalue weighted by molar-refractivity contribution is 5.87. The third-order valence-corrected chi connectivity index (χ3v) is 8.67. The van der Waals surface area contributed by atoms with Crippen LogP contribution >= 0.6 is 0 Å². The first-order valence-corrected chi connectivity index (χ1v) is 13.7. The van der Waals surface area contributed by atoms with Crippen LogP contribution in [0.15, 0.2) is 64.2 Å². The number of para-hydroxylation sites is 1. The molecule has 0 saturated carbocycles. The van der Waals surface area contributed by atoms with E-state index in [1.807, 2.05) is 37.3 Å². The van der Waals surface area contributed by atoms with Gasteiger partial charge in [0.05, 0.1) is 22.2 Å². The van der Waals surface area contributed by atoms with Gasteiger partial charge in [-0.25, -0.2) is 13.8 Å². The van der Waals surface area contributed by atoms with E-state index in [2.05, 4.69) is 16.9 Å². The smallest absolute Gasteiger partial charge is 0.333 e. The SMILES string of the molecule is Cc1c(C2c3c([nH]c4cc(C(C)(C)O)ccc34)C(C(N)O)C[C@H]2C)cccc1-n1c(=O)[nH]c2c(F)cccc2c1=O. The maximum Gasteiger partial charge on any atom is 0.333 e. The number of aromatic amines is 2. The molecule has 9 heteroatoms. The Morgan fingerprint density at radius 1 is 1.07 bits per heavy atom. The van der Waals surface area contributed by atoms with Crippen LogP contribution in [0.4, 0.5) is 4.39 Å². The van der Waals surface area contributed by atoms with Crippen LogP contribution in [0.5, 0.6) is 0 Å². The summed E-state index contributed by atoms with van der Waals surface area (Å²) in [7, 11) is 0. The molecule has 0 amide bonds. The summed E-state index contributed by atoms with van der Waals surface area (Å²) in [4.78, 5) is 32.7. The summed E-state index contributed by atoms with van der Waals surface area (Å²) in [5.41, 5.74) is 9.10. The topological polar surface area (TPSA) is 137 Å². The summed E-state index contributed by atoms with van der Waals surface area (Å²) in [6, 6.07) is 15.5. The molecule has 3 unspecified atom stereocenters. The third kappa shape index (κ3) is 4.23. The normalized spacial score (nSPS) is 20.0. The van der Waals surface area contributed by atoms with Crippen molar-refractivity contribution in [2.45, 2.75) is 57.8 Å². The zero-order chi connectivity index (χ0) is 29.4. The molecule has 6 rings (SSSR count). The minimum Gasteiger partial charge on any atom is -0.386 e. The Morgan fingerprint density at radius 3 is 2.51 bits per heavy atom. The average molecular weight is 557 g/mol. The lowest BCUT2D eigenvalue weighted by Gasteiger charge is -2.37. The van der Waals surface area contributed by atoms with Gasteiger partial charge in [-0.1, -0.05) is 37.3 Å². The van der Waals surface area contributed by atoms with Crippen molar-refractivity contribution in [1.29, 1.82) is 0 Å². The highest BCUT2D eigenvalue weighted by atomic mass is 19.1. The first-order chi connectivity index (χ1) is 19.4. The molecule has 1 aliphatic carbocycles. The summed E-state index contributed by atoms with van der Waals surface area (Å²) in [5.74, 6) is -1.08. The molecule has 0 aliphatic heterocycles. The molecule has 0 fully saturated rings. The molecule has 41 heavy (non-hydrogen) atoms. The van der Waals surface area contributed by atoms with Gasteiger partial charge in [0, 0.05) is 28.4 Å². The fourth-order valence-corrected chi connectivity index (χ4v) is 6.60. The number of nitrogens with zero attached hydrogens (tertiary/aromatic N) is 1. The van der Waals surface area contributed by atoms with E-state index in [1.54, 1.807) is 19.9 Å². The lowest BCUT2D eigenvalue weighted by Crippen LogP contribution is -2.35. The van der Waals surface area contributed by atoms with Gasteiger partial charge in [0.1, 0.15) is 12.0 Å².